The molecule has 0 fully saturated rings. The Labute approximate surface area is 103 Å². The molecule has 0 aliphatic heterocycles. The zero-order valence-corrected chi connectivity index (χ0v) is 11.2. The predicted molar refractivity (Wildman–Crippen MR) is 36.0 cm³/mol. The van der Waals surface area contributed by atoms with Gasteiger partial charge in [0.15, 0.2) is 0 Å². The van der Waals surface area contributed by atoms with Gasteiger partial charge < -0.3 is 0 Å². The fraction of sp³-hybridized carbons (Fsp3) is 1.00. The summed E-state index contributed by atoms with van der Waals surface area (Å²) in [6.45, 7) is 0. The van der Waals surface area contributed by atoms with Crippen molar-refractivity contribution in [3.63, 3.8) is 0 Å². The van der Waals surface area contributed by atoms with Crippen LogP contribution in [0, 0.1) is 0 Å². The maximum absolute atomic E-state index is 9.74. The molecule has 0 saturated heterocycles. The molecule has 0 aromatic carbocycles. The van der Waals surface area contributed by atoms with Crippen molar-refractivity contribution in [2.45, 2.75) is 0 Å². The van der Waals surface area contributed by atoms with Gasteiger partial charge in [0.05, 0.1) is 5.75 Å². The van der Waals surface area contributed by atoms with Gasteiger partial charge in [-0.1, -0.05) is 0 Å². The zero-order valence-electron chi connectivity index (χ0n) is 4.53. The summed E-state index contributed by atoms with van der Waals surface area (Å²) >= 11 is 3.57. The molecule has 0 bridgehead atoms. The molecule has 0 spiro atoms. The van der Waals surface area contributed by atoms with Crippen LogP contribution in [0.15, 0.2) is 0 Å². The third kappa shape index (κ3) is 10.9. The van der Waals surface area contributed by atoms with Crippen molar-refractivity contribution >= 4 is 80.9 Å². The van der Waals surface area contributed by atoms with E-state index in [-0.39, 0.29) is 69.7 Å². The largest absolute Gasteiger partial charge is 0.286 e. The van der Waals surface area contributed by atoms with Crippen LogP contribution in [0.25, 0.3) is 0 Å². The molecule has 0 amide bonds. The Kier molecular flexibility index (Phi) is 9.25. The van der Waals surface area contributed by atoms with Crippen LogP contribution < -0.4 is 0 Å². The molecule has 0 aliphatic rings. The summed E-state index contributed by atoms with van der Waals surface area (Å²) in [5, 5.41) is 0. The van der Waals surface area contributed by atoms with Gasteiger partial charge in [-0.25, -0.2) is 0 Å². The monoisotopic (exact) mass is 227 g/mol. The van der Waals surface area contributed by atoms with E-state index >= 15 is 0 Å². The maximum atomic E-state index is 9.74. The van der Waals surface area contributed by atoms with Crippen LogP contribution >= 0.6 is 12.6 Å². The molecule has 8 heavy (non-hydrogen) atoms. The second-order valence-corrected chi connectivity index (χ2v) is 3.03. The minimum atomic E-state index is -3.75. The summed E-state index contributed by atoms with van der Waals surface area (Å²) in [7, 11) is -3.75. The third-order valence-electron chi connectivity index (χ3n) is 0.349. The first-order chi connectivity index (χ1) is 3.06. The van der Waals surface area contributed by atoms with Gasteiger partial charge in [0.2, 0.25) is 0 Å². The molecule has 0 unspecified atom stereocenters. The summed E-state index contributed by atoms with van der Waals surface area (Å²) in [6.07, 6.45) is 0. The van der Waals surface area contributed by atoms with E-state index in [4.69, 9.17) is 4.55 Å². The van der Waals surface area contributed by atoms with Crippen LogP contribution in [0.2, 0.25) is 0 Å². The van der Waals surface area contributed by atoms with Crippen LogP contribution in [-0.2, 0) is 10.1 Å². The van der Waals surface area contributed by atoms with Gasteiger partial charge in [0.25, 0.3) is 10.1 Å². The van der Waals surface area contributed by atoms with E-state index in [1.165, 1.54) is 0 Å². The third-order valence-corrected chi connectivity index (χ3v) is 1.60. The Morgan fingerprint density at radius 1 is 1.50 bits per heavy atom. The minimum Gasteiger partial charge on any atom is -0.286 e. The van der Waals surface area contributed by atoms with Crippen molar-refractivity contribution < 1.29 is 13.0 Å². The Morgan fingerprint density at radius 3 is 1.88 bits per heavy atom. The Hall–Kier alpha value is 2.07. The molecule has 6 heteroatoms. The smallest absolute Gasteiger partial charge is 0.265 e. The van der Waals surface area contributed by atoms with E-state index in [2.05, 4.69) is 12.6 Å². The molecule has 0 aliphatic carbocycles. The zero-order chi connectivity index (χ0) is 5.91. The molecule has 1 radical (unpaired) electrons. The van der Waals surface area contributed by atoms with Crippen LogP contribution in [0.4, 0.5) is 0 Å². The quantitative estimate of drug-likeness (QED) is 0.491. The van der Waals surface area contributed by atoms with Crippen molar-refractivity contribution in [3.05, 3.63) is 0 Å². The summed E-state index contributed by atoms with van der Waals surface area (Å²) in [4.78, 5) is 0. The van der Waals surface area contributed by atoms with Crippen molar-refractivity contribution in [1.82, 2.24) is 0 Å². The van der Waals surface area contributed by atoms with Gasteiger partial charge in [0.1, 0.15) is 0 Å². The Morgan fingerprint density at radius 2 is 1.88 bits per heavy atom. The van der Waals surface area contributed by atoms with Gasteiger partial charge >= 0.3 is 0 Å². The fourth-order valence-electron chi connectivity index (χ4n) is 0.115. The van der Waals surface area contributed by atoms with Crippen molar-refractivity contribution in [2.75, 3.05) is 11.5 Å². The molecule has 0 aromatic heterocycles. The molecule has 1 N–H and O–H groups in total. The first kappa shape index (κ1) is 12.7. The molecule has 45 valence electrons. The number of thiol groups is 1. The number of rotatable bonds is 2. The average Bonchev–Trinajstić information content (AvgIpc) is 1.30. The Balaban J connectivity index is 0. The van der Waals surface area contributed by atoms with Crippen LogP contribution in [0.5, 0.6) is 0 Å². The molecular weight excluding hydrogens is 222 g/mol. The van der Waals surface area contributed by atoms with Crippen LogP contribution in [-0.4, -0.2) is 82.7 Å². The van der Waals surface area contributed by atoms with E-state index in [9.17, 15) is 8.42 Å². The normalized spacial score (nSPS) is 10.2. The molecular formula is C2H6O3RbS2. The van der Waals surface area contributed by atoms with Gasteiger partial charge in [0, 0.05) is 63.9 Å². The molecule has 0 rings (SSSR count). The summed E-state index contributed by atoms with van der Waals surface area (Å²) in [5.41, 5.74) is 0. The van der Waals surface area contributed by atoms with Crippen molar-refractivity contribution in [2.24, 2.45) is 0 Å². The van der Waals surface area contributed by atoms with E-state index in [1.54, 1.807) is 0 Å². The van der Waals surface area contributed by atoms with Gasteiger partial charge in [-0.15, -0.1) is 0 Å². The summed E-state index contributed by atoms with van der Waals surface area (Å²) in [5.74, 6) is -0.102. The molecule has 0 saturated carbocycles. The summed E-state index contributed by atoms with van der Waals surface area (Å²) < 4.78 is 27.4. The number of hydrogen-bond donors (Lipinski definition) is 2. The standard InChI is InChI=1S/C2H6O3S2.Rb/c3-7(4,5)2-1-6;/h6H,1-2H2,(H,3,4,5);. The first-order valence-corrected chi connectivity index (χ1v) is 3.86. The summed E-state index contributed by atoms with van der Waals surface area (Å²) in [6, 6.07) is 0. The average molecular weight is 228 g/mol. The van der Waals surface area contributed by atoms with E-state index in [1.807, 2.05) is 0 Å². The van der Waals surface area contributed by atoms with Gasteiger partial charge in [-0.05, 0) is 0 Å². The van der Waals surface area contributed by atoms with Gasteiger partial charge in [-0.3, -0.25) is 4.55 Å². The van der Waals surface area contributed by atoms with Crippen molar-refractivity contribution in [1.29, 1.82) is 0 Å². The van der Waals surface area contributed by atoms with Crippen molar-refractivity contribution in [3.8, 4) is 0 Å². The molecule has 0 atom stereocenters. The molecule has 3 nitrogen and oxygen atoms in total. The molecule has 0 heterocycles. The second-order valence-electron chi connectivity index (χ2n) is 1.01. The maximum Gasteiger partial charge on any atom is 0.265 e. The van der Waals surface area contributed by atoms with E-state index in [0.29, 0.717) is 0 Å². The van der Waals surface area contributed by atoms with E-state index < -0.39 is 10.1 Å². The van der Waals surface area contributed by atoms with Crippen LogP contribution in [0.1, 0.15) is 0 Å². The second kappa shape index (κ2) is 5.82. The topological polar surface area (TPSA) is 54.4 Å². The van der Waals surface area contributed by atoms with Crippen LogP contribution in [0.3, 0.4) is 0 Å². The van der Waals surface area contributed by atoms with Gasteiger partial charge in [-0.2, -0.15) is 21.0 Å². The number of hydrogen-bond acceptors (Lipinski definition) is 3. The first-order valence-electron chi connectivity index (χ1n) is 1.62. The molecule has 0 aromatic rings. The predicted octanol–water partition coefficient (Wildman–Crippen LogP) is -0.577. The fourth-order valence-corrected chi connectivity index (χ4v) is 1.04. The Bertz CT molecular complexity index is 128. The van der Waals surface area contributed by atoms with E-state index in [0.717, 1.165) is 0 Å². The minimum absolute atomic E-state index is 0. The SMILES string of the molecule is O=S(=O)(O)CCS.[Rb].